The van der Waals surface area contributed by atoms with Gasteiger partial charge in [0.2, 0.25) is 0 Å². The first-order valence-electron chi connectivity index (χ1n) is 14.7. The molecule has 2 nitrogen and oxygen atoms in total. The van der Waals surface area contributed by atoms with Gasteiger partial charge in [-0.3, -0.25) is 0 Å². The van der Waals surface area contributed by atoms with E-state index < -0.39 is 15.9 Å². The molecule has 0 spiro atoms. The zero-order valence-corrected chi connectivity index (χ0v) is 29.9. The monoisotopic (exact) mass is 549 g/mol. The van der Waals surface area contributed by atoms with Crippen LogP contribution in [0.2, 0.25) is 0 Å². The van der Waals surface area contributed by atoms with Crippen LogP contribution in [0.3, 0.4) is 0 Å². The first-order chi connectivity index (χ1) is 17.1. The number of hydrogen-bond acceptors (Lipinski definition) is 2. The molecule has 0 N–H and O–H groups in total. The van der Waals surface area contributed by atoms with Crippen molar-refractivity contribution in [2.45, 2.75) is 157 Å². The van der Waals surface area contributed by atoms with E-state index in [4.69, 9.17) is 7.58 Å². The summed E-state index contributed by atoms with van der Waals surface area (Å²) in [6.45, 7) is 41.1. The quantitative estimate of drug-likeness (QED) is 0.353. The van der Waals surface area contributed by atoms with Gasteiger partial charge >= 0.3 is 250 Å². The first kappa shape index (κ1) is 33.8. The molecule has 39 heavy (non-hydrogen) atoms. The predicted molar refractivity (Wildman–Crippen MR) is 172 cm³/mol. The Bertz CT molecular complexity index is 998. The van der Waals surface area contributed by atoms with Crippen LogP contribution in [-0.4, -0.2) is 15.9 Å². The molecule has 0 aliphatic carbocycles. The molecule has 0 aliphatic rings. The van der Waals surface area contributed by atoms with Gasteiger partial charge in [-0.1, -0.05) is 0 Å². The van der Waals surface area contributed by atoms with Gasteiger partial charge in [0.25, 0.3) is 0 Å². The van der Waals surface area contributed by atoms with Crippen LogP contribution in [0.1, 0.15) is 158 Å². The van der Waals surface area contributed by atoms with Gasteiger partial charge in [-0.05, 0) is 0 Å². The normalized spacial score (nSPS) is 13.8. The second kappa shape index (κ2) is 10.8. The molecule has 0 bridgehead atoms. The third-order valence-corrected chi connectivity index (χ3v) is 8.14. The summed E-state index contributed by atoms with van der Waals surface area (Å²) < 4.78 is 13.6. The molecule has 216 valence electrons. The summed E-state index contributed by atoms with van der Waals surface area (Å²) in [5.74, 6) is 2.00. The Morgan fingerprint density at radius 3 is 0.718 bits per heavy atom. The molecule has 3 heteroatoms. The fourth-order valence-corrected chi connectivity index (χ4v) is 5.47. The van der Waals surface area contributed by atoms with Crippen LogP contribution in [0.15, 0.2) is 24.3 Å². The third-order valence-electron chi connectivity index (χ3n) is 7.47. The molecule has 0 saturated heterocycles. The van der Waals surface area contributed by atoms with E-state index in [9.17, 15) is 0 Å². The fraction of sp³-hybridized carbons (Fsp3) is 0.667. The topological polar surface area (TPSA) is 18.5 Å². The van der Waals surface area contributed by atoms with Crippen LogP contribution in [0.25, 0.3) is 0 Å². The van der Waals surface area contributed by atoms with Crippen LogP contribution in [-0.2, 0) is 32.5 Å². The summed E-state index contributed by atoms with van der Waals surface area (Å²) in [6.07, 6.45) is 0. The minimum absolute atomic E-state index is 0.0555. The van der Waals surface area contributed by atoms with Crippen molar-refractivity contribution in [2.75, 3.05) is 0 Å². The molecule has 0 amide bonds. The van der Waals surface area contributed by atoms with Crippen LogP contribution in [0, 0.1) is 0 Å². The van der Waals surface area contributed by atoms with E-state index in [1.165, 1.54) is 33.4 Å². The summed E-state index contributed by atoms with van der Waals surface area (Å²) in [4.78, 5) is 0. The Morgan fingerprint density at radius 1 is 0.359 bits per heavy atom. The SMILES string of the molecule is CC(C)(C)c1cc(C(C)(C)C)c([O][Al+][O]c2c(C(C)(C)C)cc(C(C)(C)C)cc2C(C)(C)C)c(C(C)(C)C)c1. The predicted octanol–water partition coefficient (Wildman–Crippen LogP) is 10.5. The van der Waals surface area contributed by atoms with E-state index in [0.29, 0.717) is 0 Å². The van der Waals surface area contributed by atoms with Crippen molar-refractivity contribution in [1.29, 1.82) is 0 Å². The maximum absolute atomic E-state index is 6.79. The summed E-state index contributed by atoms with van der Waals surface area (Å²) in [7, 11) is 0. The zero-order valence-electron chi connectivity index (χ0n) is 28.7. The molecule has 2 aromatic rings. The van der Waals surface area contributed by atoms with Gasteiger partial charge in [0.1, 0.15) is 0 Å². The Morgan fingerprint density at radius 2 is 0.564 bits per heavy atom. The zero-order chi connectivity index (χ0) is 30.6. The third kappa shape index (κ3) is 8.30. The summed E-state index contributed by atoms with van der Waals surface area (Å²) in [5.41, 5.74) is 7.60. The molecular formula is C36H58AlO2+. The summed E-state index contributed by atoms with van der Waals surface area (Å²) >= 11 is -0.770. The van der Waals surface area contributed by atoms with E-state index in [1.807, 2.05) is 0 Å². The van der Waals surface area contributed by atoms with Crippen LogP contribution >= 0.6 is 0 Å². The van der Waals surface area contributed by atoms with E-state index in [1.54, 1.807) is 0 Å². The van der Waals surface area contributed by atoms with Gasteiger partial charge in [0.05, 0.1) is 0 Å². The fourth-order valence-electron chi connectivity index (χ4n) is 4.73. The Balaban J connectivity index is 2.71. The van der Waals surface area contributed by atoms with Crippen LogP contribution < -0.4 is 7.58 Å². The first-order valence-corrected chi connectivity index (χ1v) is 15.6. The summed E-state index contributed by atoms with van der Waals surface area (Å²) in [5, 5.41) is 0. The van der Waals surface area contributed by atoms with E-state index in [0.717, 1.165) is 11.5 Å². The average Bonchev–Trinajstić information content (AvgIpc) is 2.68. The summed E-state index contributed by atoms with van der Waals surface area (Å²) in [6, 6.07) is 9.46. The van der Waals surface area contributed by atoms with Crippen molar-refractivity contribution in [3.05, 3.63) is 57.6 Å². The molecule has 0 radical (unpaired) electrons. The molecule has 2 rings (SSSR count). The van der Waals surface area contributed by atoms with E-state index in [2.05, 4.69) is 149 Å². The molecule has 0 aliphatic heterocycles. The molecule has 0 fully saturated rings. The molecule has 0 aromatic heterocycles. The van der Waals surface area contributed by atoms with Gasteiger partial charge in [-0.15, -0.1) is 0 Å². The molecule has 0 heterocycles. The van der Waals surface area contributed by atoms with Crippen molar-refractivity contribution < 1.29 is 7.58 Å². The van der Waals surface area contributed by atoms with Crippen molar-refractivity contribution >= 4 is 15.9 Å². The number of benzene rings is 2. The van der Waals surface area contributed by atoms with E-state index >= 15 is 0 Å². The average molecular weight is 550 g/mol. The molecule has 2 aromatic carbocycles. The Hall–Kier alpha value is -1.43. The molecule has 0 atom stereocenters. The van der Waals surface area contributed by atoms with Gasteiger partial charge < -0.3 is 0 Å². The van der Waals surface area contributed by atoms with Crippen molar-refractivity contribution in [3.63, 3.8) is 0 Å². The van der Waals surface area contributed by atoms with Gasteiger partial charge in [-0.25, -0.2) is 0 Å². The van der Waals surface area contributed by atoms with Crippen LogP contribution in [0.5, 0.6) is 11.5 Å². The molecule has 0 saturated carbocycles. The van der Waals surface area contributed by atoms with Crippen LogP contribution in [0.4, 0.5) is 0 Å². The van der Waals surface area contributed by atoms with Gasteiger partial charge in [0, 0.05) is 0 Å². The van der Waals surface area contributed by atoms with Gasteiger partial charge in [-0.2, -0.15) is 0 Å². The molecule has 0 unspecified atom stereocenters. The Kier molecular flexibility index (Phi) is 9.32. The van der Waals surface area contributed by atoms with Crippen molar-refractivity contribution in [3.8, 4) is 11.5 Å². The second-order valence-electron chi connectivity index (χ2n) is 17.6. The number of rotatable bonds is 4. The van der Waals surface area contributed by atoms with E-state index in [-0.39, 0.29) is 32.5 Å². The second-order valence-corrected chi connectivity index (χ2v) is 18.3. The Labute approximate surface area is 249 Å². The maximum atomic E-state index is 6.79. The van der Waals surface area contributed by atoms with Crippen molar-refractivity contribution in [2.24, 2.45) is 0 Å². The minimum atomic E-state index is -0.770. The standard InChI is InChI=1S/2C18H30O.Al/c2*1-16(2,3)12-10-13(17(4,5)6)15(19)14(11-12)18(7,8)9;/h2*10-11,19H,1-9H3;/q;;+3/p-2. The van der Waals surface area contributed by atoms with Crippen molar-refractivity contribution in [1.82, 2.24) is 0 Å². The molecular weight excluding hydrogens is 491 g/mol. The van der Waals surface area contributed by atoms with Gasteiger partial charge in [0.15, 0.2) is 0 Å². The number of hydrogen-bond donors (Lipinski definition) is 0.